The molecule has 1 aromatic rings. The van der Waals surface area contributed by atoms with Crippen LogP contribution >= 0.6 is 11.6 Å². The van der Waals surface area contributed by atoms with E-state index in [0.29, 0.717) is 19.4 Å². The number of unbranched alkanes of at least 4 members (excludes halogenated alkanes) is 10. The second kappa shape index (κ2) is 20.9. The van der Waals surface area contributed by atoms with Crippen LogP contribution in [0.25, 0.3) is 0 Å². The van der Waals surface area contributed by atoms with Gasteiger partial charge in [0.25, 0.3) is 5.91 Å². The molecule has 0 fully saturated rings. The van der Waals surface area contributed by atoms with Crippen molar-refractivity contribution in [3.8, 4) is 0 Å². The van der Waals surface area contributed by atoms with Crippen LogP contribution in [0.1, 0.15) is 124 Å². The topological polar surface area (TPSA) is 153 Å². The molecule has 0 heterocycles. The standard InChI is InChI=1S/C29H49ClN2O7S/c1-2-3-4-5-8-11-15-26(33)27(34)16-12-9-6-7-10-13-20-31-28(35)23-17-18-24(29(36)37)25(22-23)32-40(38,39)21-14-19-30/h17-18,22,26-27,32-34H,2-16,19-21H2,1H3,(H,31,35)(H,36,37). The summed E-state index contributed by atoms with van der Waals surface area (Å²) < 4.78 is 26.7. The summed E-state index contributed by atoms with van der Waals surface area (Å²) in [5, 5.41) is 32.5. The molecule has 0 saturated heterocycles. The maximum Gasteiger partial charge on any atom is 0.337 e. The summed E-state index contributed by atoms with van der Waals surface area (Å²) in [6.07, 6.45) is 12.7. The summed E-state index contributed by atoms with van der Waals surface area (Å²) in [5.74, 6) is -1.82. The van der Waals surface area contributed by atoms with Crippen molar-refractivity contribution in [3.05, 3.63) is 29.3 Å². The molecular weight excluding hydrogens is 556 g/mol. The number of amides is 1. The lowest BCUT2D eigenvalue weighted by atomic mass is 9.99. The highest BCUT2D eigenvalue weighted by Crippen LogP contribution is 2.20. The molecule has 0 spiro atoms. The van der Waals surface area contributed by atoms with E-state index in [2.05, 4.69) is 17.0 Å². The minimum absolute atomic E-state index is 0.155. The normalized spacial score (nSPS) is 13.1. The van der Waals surface area contributed by atoms with Gasteiger partial charge in [-0.25, -0.2) is 13.2 Å². The first-order valence-electron chi connectivity index (χ1n) is 14.7. The Morgan fingerprint density at radius 3 is 1.95 bits per heavy atom. The van der Waals surface area contributed by atoms with E-state index < -0.39 is 34.1 Å². The molecule has 2 unspecified atom stereocenters. The van der Waals surface area contributed by atoms with Crippen LogP contribution in [0.4, 0.5) is 5.69 Å². The van der Waals surface area contributed by atoms with Gasteiger partial charge in [-0.3, -0.25) is 9.52 Å². The van der Waals surface area contributed by atoms with Crippen LogP contribution in [0.15, 0.2) is 18.2 Å². The van der Waals surface area contributed by atoms with Crippen molar-refractivity contribution >= 4 is 39.2 Å². The zero-order valence-corrected chi connectivity index (χ0v) is 25.4. The van der Waals surface area contributed by atoms with E-state index in [1.54, 1.807) is 0 Å². The van der Waals surface area contributed by atoms with Crippen molar-refractivity contribution in [1.29, 1.82) is 0 Å². The molecule has 1 aromatic carbocycles. The van der Waals surface area contributed by atoms with Crippen molar-refractivity contribution in [3.63, 3.8) is 0 Å². The Labute approximate surface area is 245 Å². The molecule has 2 atom stereocenters. The van der Waals surface area contributed by atoms with Gasteiger partial charge in [-0.15, -0.1) is 11.6 Å². The second-order valence-electron chi connectivity index (χ2n) is 10.4. The lowest BCUT2D eigenvalue weighted by Gasteiger charge is -2.17. The highest BCUT2D eigenvalue weighted by Gasteiger charge is 2.19. The quantitative estimate of drug-likeness (QED) is 0.0750. The zero-order chi connectivity index (χ0) is 29.8. The number of hydrogen-bond acceptors (Lipinski definition) is 6. The molecule has 0 saturated carbocycles. The van der Waals surface area contributed by atoms with Crippen molar-refractivity contribution in [2.45, 2.75) is 115 Å². The molecule has 9 nitrogen and oxygen atoms in total. The number of nitrogens with one attached hydrogen (secondary N) is 2. The van der Waals surface area contributed by atoms with Crippen LogP contribution in [-0.4, -0.2) is 66.0 Å². The minimum Gasteiger partial charge on any atom is -0.478 e. The van der Waals surface area contributed by atoms with Crippen LogP contribution in [0.3, 0.4) is 0 Å². The van der Waals surface area contributed by atoms with Crippen LogP contribution in [0.5, 0.6) is 0 Å². The van der Waals surface area contributed by atoms with E-state index in [1.165, 1.54) is 43.9 Å². The second-order valence-corrected chi connectivity index (χ2v) is 12.6. The number of benzene rings is 1. The number of hydrogen-bond donors (Lipinski definition) is 5. The van der Waals surface area contributed by atoms with E-state index in [-0.39, 0.29) is 34.9 Å². The Hall–Kier alpha value is -1.88. The smallest absolute Gasteiger partial charge is 0.337 e. The van der Waals surface area contributed by atoms with Gasteiger partial charge in [0.1, 0.15) is 0 Å². The van der Waals surface area contributed by atoms with Crippen LogP contribution in [-0.2, 0) is 10.0 Å². The van der Waals surface area contributed by atoms with Crippen molar-refractivity contribution in [2.24, 2.45) is 0 Å². The van der Waals surface area contributed by atoms with E-state index in [0.717, 1.165) is 51.4 Å². The van der Waals surface area contributed by atoms with Crippen molar-refractivity contribution in [1.82, 2.24) is 5.32 Å². The first kappa shape index (κ1) is 36.1. The number of carbonyl (C=O) groups is 2. The van der Waals surface area contributed by atoms with E-state index in [4.69, 9.17) is 11.6 Å². The van der Waals surface area contributed by atoms with Crippen LogP contribution in [0, 0.1) is 0 Å². The Bertz CT molecular complexity index is 975. The van der Waals surface area contributed by atoms with Gasteiger partial charge < -0.3 is 20.6 Å². The predicted molar refractivity (Wildman–Crippen MR) is 161 cm³/mol. The number of aliphatic hydroxyl groups excluding tert-OH is 2. The van der Waals surface area contributed by atoms with E-state index in [9.17, 15) is 33.3 Å². The third kappa shape index (κ3) is 15.8. The highest BCUT2D eigenvalue weighted by atomic mass is 35.5. The van der Waals surface area contributed by atoms with E-state index in [1.807, 2.05) is 0 Å². The molecule has 0 aliphatic rings. The number of rotatable bonds is 24. The Morgan fingerprint density at radius 2 is 1.40 bits per heavy atom. The minimum atomic E-state index is -3.80. The monoisotopic (exact) mass is 604 g/mol. The highest BCUT2D eigenvalue weighted by molar-refractivity contribution is 7.92. The predicted octanol–water partition coefficient (Wildman–Crippen LogP) is 5.69. The number of alkyl halides is 1. The molecule has 40 heavy (non-hydrogen) atoms. The lowest BCUT2D eigenvalue weighted by molar-refractivity contribution is 0.00712. The largest absolute Gasteiger partial charge is 0.478 e. The maximum atomic E-state index is 12.5. The molecule has 5 N–H and O–H groups in total. The Balaban J connectivity index is 2.28. The molecule has 1 amide bonds. The molecule has 1 rings (SSSR count). The Kier molecular flexibility index (Phi) is 18.9. The maximum absolute atomic E-state index is 12.5. The fourth-order valence-corrected chi connectivity index (χ4v) is 5.85. The molecular formula is C29H49ClN2O7S. The number of carbonyl (C=O) groups excluding carboxylic acids is 1. The molecule has 0 radical (unpaired) electrons. The van der Waals surface area contributed by atoms with E-state index >= 15 is 0 Å². The average Bonchev–Trinajstić information content (AvgIpc) is 2.92. The third-order valence-corrected chi connectivity index (χ3v) is 8.46. The average molecular weight is 605 g/mol. The molecule has 0 aliphatic carbocycles. The van der Waals surface area contributed by atoms with Gasteiger partial charge in [0.05, 0.1) is 29.2 Å². The first-order valence-corrected chi connectivity index (χ1v) is 16.9. The molecule has 230 valence electrons. The SMILES string of the molecule is CCCCCCCCC(O)C(O)CCCCCCCCNC(=O)c1ccc(C(=O)O)c(NS(=O)(=O)CCCCl)c1. The first-order chi connectivity index (χ1) is 19.1. The fourth-order valence-electron chi connectivity index (χ4n) is 4.43. The number of aliphatic hydroxyl groups is 2. The van der Waals surface area contributed by atoms with Gasteiger partial charge in [0.15, 0.2) is 0 Å². The number of halogens is 1. The van der Waals surface area contributed by atoms with Gasteiger partial charge in [0, 0.05) is 18.0 Å². The fraction of sp³-hybridized carbons (Fsp3) is 0.724. The summed E-state index contributed by atoms with van der Waals surface area (Å²) >= 11 is 5.55. The summed E-state index contributed by atoms with van der Waals surface area (Å²) in [7, 11) is -3.80. The zero-order valence-electron chi connectivity index (χ0n) is 23.9. The summed E-state index contributed by atoms with van der Waals surface area (Å²) in [5.41, 5.74) is -0.238. The van der Waals surface area contributed by atoms with Crippen molar-refractivity contribution in [2.75, 3.05) is 22.9 Å². The number of aromatic carboxylic acids is 1. The molecule has 0 aliphatic heterocycles. The van der Waals surface area contributed by atoms with Gasteiger partial charge in [-0.05, 0) is 43.9 Å². The number of carboxylic acids is 1. The van der Waals surface area contributed by atoms with Gasteiger partial charge in [-0.2, -0.15) is 0 Å². The van der Waals surface area contributed by atoms with Crippen LogP contribution < -0.4 is 10.0 Å². The van der Waals surface area contributed by atoms with Gasteiger partial charge >= 0.3 is 5.97 Å². The Morgan fingerprint density at radius 1 is 0.850 bits per heavy atom. The lowest BCUT2D eigenvalue weighted by Crippen LogP contribution is -2.25. The number of anilines is 1. The van der Waals surface area contributed by atoms with Gasteiger partial charge in [-0.1, -0.05) is 77.6 Å². The number of carboxylic acid groups (broad SMARTS) is 1. The third-order valence-electron chi connectivity index (χ3n) is 6.83. The molecule has 11 heteroatoms. The van der Waals surface area contributed by atoms with Crippen molar-refractivity contribution < 1.29 is 33.3 Å². The summed E-state index contributed by atoms with van der Waals surface area (Å²) in [6.45, 7) is 2.63. The van der Waals surface area contributed by atoms with Gasteiger partial charge in [0.2, 0.25) is 10.0 Å². The van der Waals surface area contributed by atoms with Crippen LogP contribution in [0.2, 0.25) is 0 Å². The molecule has 0 bridgehead atoms. The summed E-state index contributed by atoms with van der Waals surface area (Å²) in [4.78, 5) is 24.0. The number of sulfonamides is 1. The molecule has 0 aromatic heterocycles. The summed E-state index contributed by atoms with van der Waals surface area (Å²) in [6, 6.07) is 3.80.